The fraction of sp³-hybridized carbons (Fsp3) is 0.600. The Morgan fingerprint density at radius 2 is 1.84 bits per heavy atom. The van der Waals surface area contributed by atoms with Crippen LogP contribution in [0.5, 0.6) is 0 Å². The molecule has 1 saturated heterocycles. The summed E-state index contributed by atoms with van der Waals surface area (Å²) in [5, 5.41) is 0. The van der Waals surface area contributed by atoms with E-state index in [2.05, 4.69) is 6.92 Å². The molecular formula is C15H20O3S. The second-order valence-corrected chi connectivity index (χ2v) is 7.35. The molecule has 0 radical (unpaired) electrons. The van der Waals surface area contributed by atoms with E-state index in [0.29, 0.717) is 19.0 Å². The highest BCUT2D eigenvalue weighted by molar-refractivity contribution is 7.85. The van der Waals surface area contributed by atoms with Gasteiger partial charge in [0.25, 0.3) is 0 Å². The predicted octanol–water partition coefficient (Wildman–Crippen LogP) is 2.73. The van der Waals surface area contributed by atoms with Crippen molar-refractivity contribution in [2.45, 2.75) is 36.9 Å². The maximum atomic E-state index is 12.4. The molecule has 2 fully saturated rings. The Labute approximate surface area is 116 Å². The summed E-state index contributed by atoms with van der Waals surface area (Å²) in [5.74, 6) is 0.307. The smallest absolute Gasteiger partial charge is 0.169 e. The molecular weight excluding hydrogens is 260 g/mol. The monoisotopic (exact) mass is 280 g/mol. The maximum absolute atomic E-state index is 12.4. The van der Waals surface area contributed by atoms with Crippen LogP contribution in [-0.4, -0.2) is 29.0 Å². The first-order chi connectivity index (χ1) is 9.11. The zero-order valence-electron chi connectivity index (χ0n) is 11.3. The molecule has 3 rings (SSSR count). The second-order valence-electron chi connectivity index (χ2n) is 5.90. The highest BCUT2D eigenvalue weighted by Gasteiger charge is 2.50. The zero-order chi connectivity index (χ0) is 13.3. The average Bonchev–Trinajstić information content (AvgIpc) is 2.99. The van der Waals surface area contributed by atoms with Crippen LogP contribution in [0.4, 0.5) is 0 Å². The van der Waals surface area contributed by atoms with Crippen molar-refractivity contribution in [3.05, 3.63) is 30.3 Å². The van der Waals surface area contributed by atoms with Crippen molar-refractivity contribution in [3.8, 4) is 0 Å². The van der Waals surface area contributed by atoms with Crippen LogP contribution in [0, 0.1) is 5.41 Å². The Hall–Kier alpha value is -0.710. The molecule has 4 heteroatoms. The highest BCUT2D eigenvalue weighted by Crippen LogP contribution is 2.48. The first kappa shape index (κ1) is 13.3. The van der Waals surface area contributed by atoms with Crippen molar-refractivity contribution in [3.63, 3.8) is 0 Å². The van der Waals surface area contributed by atoms with Gasteiger partial charge in [-0.05, 0) is 24.0 Å². The maximum Gasteiger partial charge on any atom is 0.169 e. The molecule has 1 aromatic rings. The van der Waals surface area contributed by atoms with E-state index in [-0.39, 0.29) is 11.2 Å². The van der Waals surface area contributed by atoms with E-state index in [1.807, 2.05) is 30.3 Å². The topological polar surface area (TPSA) is 35.5 Å². The Balaban J connectivity index is 1.68. The van der Waals surface area contributed by atoms with Crippen LogP contribution in [-0.2, 0) is 20.3 Å². The van der Waals surface area contributed by atoms with Gasteiger partial charge in [-0.2, -0.15) is 0 Å². The number of hydrogen-bond donors (Lipinski definition) is 0. The molecule has 1 heterocycles. The standard InChI is InChI=1S/C15H20O3S/c1-14(7-8-15(11-14)17-9-10-18-15)12-19(16)13-5-3-2-4-6-13/h2-6H,7-12H2,1H3/t14-,19?/m0/s1. The lowest BCUT2D eigenvalue weighted by Crippen LogP contribution is -2.30. The molecule has 1 aromatic carbocycles. The molecule has 1 aliphatic carbocycles. The van der Waals surface area contributed by atoms with E-state index in [0.717, 1.165) is 24.2 Å². The van der Waals surface area contributed by atoms with E-state index in [1.54, 1.807) is 0 Å². The van der Waals surface area contributed by atoms with Crippen molar-refractivity contribution in [2.24, 2.45) is 5.41 Å². The van der Waals surface area contributed by atoms with E-state index < -0.39 is 10.8 Å². The van der Waals surface area contributed by atoms with E-state index in [9.17, 15) is 4.21 Å². The Kier molecular flexibility index (Phi) is 3.50. The van der Waals surface area contributed by atoms with Gasteiger partial charge in [0.15, 0.2) is 5.79 Å². The summed E-state index contributed by atoms with van der Waals surface area (Å²) >= 11 is 0. The van der Waals surface area contributed by atoms with Gasteiger partial charge >= 0.3 is 0 Å². The molecule has 3 nitrogen and oxygen atoms in total. The molecule has 0 bridgehead atoms. The van der Waals surface area contributed by atoms with Gasteiger partial charge in [0, 0.05) is 23.5 Å². The first-order valence-corrected chi connectivity index (χ1v) is 8.14. The van der Waals surface area contributed by atoms with Crippen LogP contribution in [0.2, 0.25) is 0 Å². The van der Waals surface area contributed by atoms with Gasteiger partial charge < -0.3 is 9.47 Å². The van der Waals surface area contributed by atoms with Crippen LogP contribution in [0.25, 0.3) is 0 Å². The summed E-state index contributed by atoms with van der Waals surface area (Å²) in [6.07, 6.45) is 2.81. The number of benzene rings is 1. The summed E-state index contributed by atoms with van der Waals surface area (Å²) in [7, 11) is -0.940. The van der Waals surface area contributed by atoms with Crippen LogP contribution in [0.1, 0.15) is 26.2 Å². The quantitative estimate of drug-likeness (QED) is 0.854. The van der Waals surface area contributed by atoms with E-state index in [1.165, 1.54) is 0 Å². The first-order valence-electron chi connectivity index (χ1n) is 6.82. The van der Waals surface area contributed by atoms with Crippen molar-refractivity contribution >= 4 is 10.8 Å². The lowest BCUT2D eigenvalue weighted by Gasteiger charge is -2.27. The van der Waals surface area contributed by atoms with Gasteiger partial charge in [0.2, 0.25) is 0 Å². The Morgan fingerprint density at radius 1 is 1.16 bits per heavy atom. The van der Waals surface area contributed by atoms with Crippen LogP contribution in [0.3, 0.4) is 0 Å². The average molecular weight is 280 g/mol. The summed E-state index contributed by atoms with van der Waals surface area (Å²) in [5.41, 5.74) is 0.0467. The largest absolute Gasteiger partial charge is 0.348 e. The Morgan fingerprint density at radius 3 is 2.53 bits per heavy atom. The SMILES string of the molecule is C[C@]1(CS(=O)c2ccccc2)CCC2(C1)OCCO2. The van der Waals surface area contributed by atoms with E-state index in [4.69, 9.17) is 9.47 Å². The van der Waals surface area contributed by atoms with Crippen molar-refractivity contribution in [1.29, 1.82) is 0 Å². The van der Waals surface area contributed by atoms with Crippen LogP contribution in [0.15, 0.2) is 35.2 Å². The molecule has 1 saturated carbocycles. The molecule has 104 valence electrons. The molecule has 1 unspecified atom stereocenters. The molecule has 19 heavy (non-hydrogen) atoms. The fourth-order valence-corrected chi connectivity index (χ4v) is 4.66. The summed E-state index contributed by atoms with van der Waals surface area (Å²) < 4.78 is 24.0. The fourth-order valence-electron chi connectivity index (χ4n) is 3.16. The van der Waals surface area contributed by atoms with Crippen molar-refractivity contribution in [1.82, 2.24) is 0 Å². The van der Waals surface area contributed by atoms with Crippen LogP contribution >= 0.6 is 0 Å². The minimum absolute atomic E-state index is 0.0467. The molecule has 0 amide bonds. The lowest BCUT2D eigenvalue weighted by molar-refractivity contribution is -0.155. The van der Waals surface area contributed by atoms with Gasteiger partial charge in [-0.25, -0.2) is 0 Å². The van der Waals surface area contributed by atoms with Gasteiger partial charge in [0.05, 0.1) is 24.0 Å². The lowest BCUT2D eigenvalue weighted by atomic mass is 9.91. The van der Waals surface area contributed by atoms with Gasteiger partial charge in [0.1, 0.15) is 0 Å². The zero-order valence-corrected chi connectivity index (χ0v) is 12.1. The molecule has 0 aromatic heterocycles. The summed E-state index contributed by atoms with van der Waals surface area (Å²) in [4.78, 5) is 0.915. The third kappa shape index (κ3) is 2.76. The van der Waals surface area contributed by atoms with Gasteiger partial charge in [-0.3, -0.25) is 4.21 Å². The third-order valence-electron chi connectivity index (χ3n) is 4.10. The molecule has 1 spiro atoms. The molecule has 2 atom stereocenters. The normalized spacial score (nSPS) is 30.8. The molecule has 2 aliphatic rings. The number of ether oxygens (including phenoxy) is 2. The van der Waals surface area contributed by atoms with Crippen molar-refractivity contribution in [2.75, 3.05) is 19.0 Å². The minimum atomic E-state index is -0.940. The van der Waals surface area contributed by atoms with Crippen molar-refractivity contribution < 1.29 is 13.7 Å². The number of rotatable bonds is 3. The van der Waals surface area contributed by atoms with Gasteiger partial charge in [-0.15, -0.1) is 0 Å². The second kappa shape index (κ2) is 5.00. The summed E-state index contributed by atoms with van der Waals surface area (Å²) in [6, 6.07) is 9.70. The van der Waals surface area contributed by atoms with E-state index >= 15 is 0 Å². The summed E-state index contributed by atoms with van der Waals surface area (Å²) in [6.45, 7) is 3.59. The molecule has 0 N–H and O–H groups in total. The predicted molar refractivity (Wildman–Crippen MR) is 74.3 cm³/mol. The highest BCUT2D eigenvalue weighted by atomic mass is 32.2. The third-order valence-corrected chi connectivity index (χ3v) is 5.86. The Bertz CT molecular complexity index is 468. The van der Waals surface area contributed by atoms with Crippen LogP contribution < -0.4 is 0 Å². The number of hydrogen-bond acceptors (Lipinski definition) is 3. The minimum Gasteiger partial charge on any atom is -0.348 e. The molecule has 1 aliphatic heterocycles. The van der Waals surface area contributed by atoms with Gasteiger partial charge in [-0.1, -0.05) is 25.1 Å².